The summed E-state index contributed by atoms with van der Waals surface area (Å²) in [5.74, 6) is 0. The zero-order chi connectivity index (χ0) is 18.8. The summed E-state index contributed by atoms with van der Waals surface area (Å²) in [7, 11) is 0. The van der Waals surface area contributed by atoms with E-state index < -0.39 is 0 Å². The van der Waals surface area contributed by atoms with Gasteiger partial charge in [-0.15, -0.1) is 0 Å². The fourth-order valence-corrected chi connectivity index (χ4v) is 3.22. The van der Waals surface area contributed by atoms with Gasteiger partial charge >= 0.3 is 0 Å². The number of aromatic nitrogens is 6. The van der Waals surface area contributed by atoms with Crippen molar-refractivity contribution in [1.82, 2.24) is 30.4 Å². The Hall–Kier alpha value is -4.06. The SMILES string of the molecule is c1cc(-c2ccc(-c3ccnnc3)[nH]2)cc(-c2ccc(-c3ccnnc3)[nH]2)c1. The molecular weight excluding hydrogens is 348 g/mol. The smallest absolute Gasteiger partial charge is 0.0589 e. The molecule has 0 saturated heterocycles. The average Bonchev–Trinajstić information content (AvgIpc) is 3.46. The van der Waals surface area contributed by atoms with E-state index >= 15 is 0 Å². The lowest BCUT2D eigenvalue weighted by molar-refractivity contribution is 1.03. The van der Waals surface area contributed by atoms with Crippen LogP contribution in [0.25, 0.3) is 45.0 Å². The van der Waals surface area contributed by atoms with E-state index in [-0.39, 0.29) is 0 Å². The highest BCUT2D eigenvalue weighted by molar-refractivity contribution is 5.74. The maximum Gasteiger partial charge on any atom is 0.0589 e. The van der Waals surface area contributed by atoms with Crippen LogP contribution in [0.5, 0.6) is 0 Å². The van der Waals surface area contributed by atoms with Gasteiger partial charge in [0.15, 0.2) is 0 Å². The lowest BCUT2D eigenvalue weighted by Gasteiger charge is -2.04. The van der Waals surface area contributed by atoms with Crippen LogP contribution in [0.1, 0.15) is 0 Å². The Morgan fingerprint density at radius 3 is 1.36 bits per heavy atom. The average molecular weight is 364 g/mol. The van der Waals surface area contributed by atoms with Crippen LogP contribution in [0.4, 0.5) is 0 Å². The second-order valence-corrected chi connectivity index (χ2v) is 6.41. The first-order valence-corrected chi connectivity index (χ1v) is 8.90. The Morgan fingerprint density at radius 1 is 0.464 bits per heavy atom. The molecule has 0 aliphatic heterocycles. The predicted octanol–water partition coefficient (Wildman–Crippen LogP) is 4.59. The molecule has 0 saturated carbocycles. The number of H-pyrrole nitrogens is 2. The van der Waals surface area contributed by atoms with Gasteiger partial charge in [-0.2, -0.15) is 20.4 Å². The minimum Gasteiger partial charge on any atom is -0.354 e. The van der Waals surface area contributed by atoms with Gasteiger partial charge in [-0.1, -0.05) is 18.2 Å². The van der Waals surface area contributed by atoms with Crippen molar-refractivity contribution >= 4 is 0 Å². The van der Waals surface area contributed by atoms with Crippen LogP contribution in [-0.2, 0) is 0 Å². The predicted molar refractivity (Wildman–Crippen MR) is 108 cm³/mol. The summed E-state index contributed by atoms with van der Waals surface area (Å²) in [6, 6.07) is 20.6. The van der Waals surface area contributed by atoms with E-state index in [0.29, 0.717) is 0 Å². The molecule has 0 aliphatic rings. The quantitative estimate of drug-likeness (QED) is 0.488. The maximum atomic E-state index is 3.94. The molecule has 0 aliphatic carbocycles. The Balaban J connectivity index is 1.46. The maximum absolute atomic E-state index is 3.94. The van der Waals surface area contributed by atoms with Gasteiger partial charge in [-0.05, 0) is 53.6 Å². The van der Waals surface area contributed by atoms with Crippen LogP contribution >= 0.6 is 0 Å². The minimum absolute atomic E-state index is 1.01. The summed E-state index contributed by atoms with van der Waals surface area (Å²) in [6.45, 7) is 0. The first-order valence-electron chi connectivity index (χ1n) is 8.90. The standard InChI is InChI=1S/C22H16N6/c1-2-15(19-4-6-21(27-19)17-8-10-23-25-13-17)12-16(3-1)20-5-7-22(28-20)18-9-11-24-26-14-18/h1-14,27-28H. The highest BCUT2D eigenvalue weighted by Gasteiger charge is 2.08. The van der Waals surface area contributed by atoms with Crippen molar-refractivity contribution in [2.45, 2.75) is 0 Å². The molecule has 0 radical (unpaired) electrons. The monoisotopic (exact) mass is 364 g/mol. The molecule has 134 valence electrons. The fraction of sp³-hybridized carbons (Fsp3) is 0. The van der Waals surface area contributed by atoms with Crippen LogP contribution in [0.15, 0.2) is 85.5 Å². The number of nitrogens with zero attached hydrogens (tertiary/aromatic N) is 4. The highest BCUT2D eigenvalue weighted by Crippen LogP contribution is 2.29. The normalized spacial score (nSPS) is 10.9. The summed E-state index contributed by atoms with van der Waals surface area (Å²) < 4.78 is 0. The lowest BCUT2D eigenvalue weighted by atomic mass is 10.1. The number of benzene rings is 1. The second-order valence-electron chi connectivity index (χ2n) is 6.41. The number of aromatic amines is 2. The molecule has 6 nitrogen and oxygen atoms in total. The van der Waals surface area contributed by atoms with Crippen LogP contribution in [-0.4, -0.2) is 30.4 Å². The Kier molecular flexibility index (Phi) is 3.99. The molecule has 0 bridgehead atoms. The van der Waals surface area contributed by atoms with Gasteiger partial charge in [0.05, 0.1) is 24.8 Å². The van der Waals surface area contributed by atoms with Crippen molar-refractivity contribution in [2.24, 2.45) is 0 Å². The Bertz CT molecular complexity index is 1120. The molecule has 4 heterocycles. The zero-order valence-electron chi connectivity index (χ0n) is 14.9. The van der Waals surface area contributed by atoms with Gasteiger partial charge in [-0.3, -0.25) is 0 Å². The van der Waals surface area contributed by atoms with E-state index in [9.17, 15) is 0 Å². The van der Waals surface area contributed by atoms with Crippen LogP contribution in [0.3, 0.4) is 0 Å². The molecule has 0 amide bonds. The third-order valence-corrected chi connectivity index (χ3v) is 4.65. The van der Waals surface area contributed by atoms with Crippen molar-refractivity contribution in [3.8, 4) is 45.0 Å². The van der Waals surface area contributed by atoms with E-state index in [1.807, 2.05) is 12.1 Å². The van der Waals surface area contributed by atoms with E-state index in [4.69, 9.17) is 0 Å². The van der Waals surface area contributed by atoms with E-state index in [1.165, 1.54) is 0 Å². The summed E-state index contributed by atoms with van der Waals surface area (Å²) in [5.41, 5.74) is 8.40. The summed E-state index contributed by atoms with van der Waals surface area (Å²) in [4.78, 5) is 6.92. The van der Waals surface area contributed by atoms with Crippen LogP contribution < -0.4 is 0 Å². The molecule has 6 heteroatoms. The molecule has 5 rings (SSSR count). The van der Waals surface area contributed by atoms with Crippen molar-refractivity contribution in [3.05, 3.63) is 85.5 Å². The summed E-state index contributed by atoms with van der Waals surface area (Å²) in [5, 5.41) is 15.5. The zero-order valence-corrected chi connectivity index (χ0v) is 14.9. The number of rotatable bonds is 4. The molecule has 0 spiro atoms. The van der Waals surface area contributed by atoms with Gasteiger partial charge < -0.3 is 9.97 Å². The molecule has 0 fully saturated rings. The molecule has 4 aromatic heterocycles. The molecule has 5 aromatic rings. The third-order valence-electron chi connectivity index (χ3n) is 4.65. The molecule has 1 aromatic carbocycles. The van der Waals surface area contributed by atoms with Gasteiger partial charge in [0.2, 0.25) is 0 Å². The molecule has 2 N–H and O–H groups in total. The fourth-order valence-electron chi connectivity index (χ4n) is 3.22. The highest BCUT2D eigenvalue weighted by atomic mass is 15.1. The van der Waals surface area contributed by atoms with Crippen LogP contribution in [0.2, 0.25) is 0 Å². The van der Waals surface area contributed by atoms with Gasteiger partial charge in [0, 0.05) is 33.9 Å². The van der Waals surface area contributed by atoms with E-state index in [0.717, 1.165) is 45.0 Å². The first-order chi connectivity index (χ1) is 13.9. The number of nitrogens with one attached hydrogen (secondary N) is 2. The molecular formula is C22H16N6. The van der Waals surface area contributed by atoms with E-state index in [1.54, 1.807) is 24.8 Å². The third kappa shape index (κ3) is 3.07. The van der Waals surface area contributed by atoms with Crippen molar-refractivity contribution in [2.75, 3.05) is 0 Å². The number of hydrogen-bond acceptors (Lipinski definition) is 4. The van der Waals surface area contributed by atoms with E-state index in [2.05, 4.69) is 78.9 Å². The molecule has 0 atom stereocenters. The van der Waals surface area contributed by atoms with Gasteiger partial charge in [-0.25, -0.2) is 0 Å². The van der Waals surface area contributed by atoms with Crippen molar-refractivity contribution in [1.29, 1.82) is 0 Å². The Labute approximate surface area is 161 Å². The second kappa shape index (κ2) is 6.92. The van der Waals surface area contributed by atoms with Gasteiger partial charge in [0.1, 0.15) is 0 Å². The van der Waals surface area contributed by atoms with Gasteiger partial charge in [0.25, 0.3) is 0 Å². The first kappa shape index (κ1) is 16.1. The topological polar surface area (TPSA) is 83.1 Å². The minimum atomic E-state index is 1.01. The molecule has 0 unspecified atom stereocenters. The summed E-state index contributed by atoms with van der Waals surface area (Å²) in [6.07, 6.45) is 6.89. The van der Waals surface area contributed by atoms with Crippen molar-refractivity contribution < 1.29 is 0 Å². The lowest BCUT2D eigenvalue weighted by Crippen LogP contribution is -1.85. The van der Waals surface area contributed by atoms with Crippen molar-refractivity contribution in [3.63, 3.8) is 0 Å². The Morgan fingerprint density at radius 2 is 0.929 bits per heavy atom. The largest absolute Gasteiger partial charge is 0.354 e. The molecule has 28 heavy (non-hydrogen) atoms. The number of hydrogen-bond donors (Lipinski definition) is 2. The van der Waals surface area contributed by atoms with Crippen LogP contribution in [0, 0.1) is 0 Å². The summed E-state index contributed by atoms with van der Waals surface area (Å²) >= 11 is 0.